The number of nitrogens with one attached hydrogen (secondary N) is 2. The molecule has 2 aromatic rings. The zero-order valence-corrected chi connectivity index (χ0v) is 9.79. The van der Waals surface area contributed by atoms with Gasteiger partial charge in [0.15, 0.2) is 4.77 Å². The normalized spacial score (nSPS) is 10.4. The zero-order valence-electron chi connectivity index (χ0n) is 8.97. The molecule has 6 heteroatoms. The van der Waals surface area contributed by atoms with Crippen molar-refractivity contribution in [2.24, 2.45) is 0 Å². The van der Waals surface area contributed by atoms with Crippen molar-refractivity contribution in [3.8, 4) is 0 Å². The van der Waals surface area contributed by atoms with E-state index >= 15 is 0 Å². The quantitative estimate of drug-likeness (QED) is 0.625. The number of hydrogen-bond acceptors (Lipinski definition) is 3. The van der Waals surface area contributed by atoms with Crippen LogP contribution in [0.15, 0.2) is 39.9 Å². The molecule has 2 rings (SSSR count). The van der Waals surface area contributed by atoms with Gasteiger partial charge < -0.3 is 0 Å². The smallest absolute Gasteiger partial charge is 0.293 e. The molecule has 0 saturated heterocycles. The van der Waals surface area contributed by atoms with Crippen LogP contribution in [0.3, 0.4) is 0 Å². The number of aromatic nitrogens is 3. The molecule has 0 spiro atoms. The average molecular weight is 249 g/mol. The van der Waals surface area contributed by atoms with Crippen molar-refractivity contribution in [3.63, 3.8) is 0 Å². The molecule has 0 radical (unpaired) electrons. The van der Waals surface area contributed by atoms with Crippen molar-refractivity contribution < 1.29 is 0 Å². The van der Waals surface area contributed by atoms with Crippen LogP contribution >= 0.6 is 12.2 Å². The summed E-state index contributed by atoms with van der Waals surface area (Å²) in [6, 6.07) is 9.83. The molecule has 88 valence electrons. The predicted molar refractivity (Wildman–Crippen MR) is 66.7 cm³/mol. The lowest BCUT2D eigenvalue weighted by molar-refractivity contribution is 0.560. The Balaban J connectivity index is 2.21. The van der Waals surface area contributed by atoms with E-state index in [4.69, 9.17) is 12.2 Å². The number of H-pyrrole nitrogens is 2. The molecule has 0 aliphatic carbocycles. The molecule has 0 fully saturated rings. The van der Waals surface area contributed by atoms with Gasteiger partial charge in [0, 0.05) is 6.54 Å². The van der Waals surface area contributed by atoms with Crippen LogP contribution in [0.2, 0.25) is 0 Å². The minimum absolute atomic E-state index is 0.227. The number of hydrogen-bond donors (Lipinski definition) is 2. The summed E-state index contributed by atoms with van der Waals surface area (Å²) in [6.45, 7) is 0.523. The van der Waals surface area contributed by atoms with Crippen LogP contribution in [0.5, 0.6) is 0 Å². The third kappa shape index (κ3) is 2.79. The summed E-state index contributed by atoms with van der Waals surface area (Å²) in [5.41, 5.74) is -0.265. The fourth-order valence-electron chi connectivity index (χ4n) is 1.49. The van der Waals surface area contributed by atoms with Gasteiger partial charge in [-0.05, 0) is 24.2 Å². The van der Waals surface area contributed by atoms with Gasteiger partial charge in [0.1, 0.15) is 0 Å². The molecule has 17 heavy (non-hydrogen) atoms. The van der Waals surface area contributed by atoms with E-state index in [2.05, 4.69) is 10.1 Å². The van der Waals surface area contributed by atoms with Crippen molar-refractivity contribution >= 4 is 12.2 Å². The summed E-state index contributed by atoms with van der Waals surface area (Å²) in [4.78, 5) is 24.4. The SMILES string of the molecule is O=c1[nH]c(=S)n(CCc2ccccc2)[nH]c1=O. The van der Waals surface area contributed by atoms with Crippen molar-refractivity contribution in [2.75, 3.05) is 0 Å². The number of rotatable bonds is 3. The minimum Gasteiger partial charge on any atom is -0.293 e. The zero-order chi connectivity index (χ0) is 12.3. The van der Waals surface area contributed by atoms with Crippen molar-refractivity contribution in [1.29, 1.82) is 0 Å². The predicted octanol–water partition coefficient (Wildman–Crippen LogP) is 0.837. The molecule has 1 aromatic carbocycles. The highest BCUT2D eigenvalue weighted by molar-refractivity contribution is 7.71. The second kappa shape index (κ2) is 4.92. The second-order valence-corrected chi connectivity index (χ2v) is 3.97. The molecule has 0 bridgehead atoms. The molecule has 0 unspecified atom stereocenters. The topological polar surface area (TPSA) is 70.7 Å². The largest absolute Gasteiger partial charge is 0.328 e. The molecular weight excluding hydrogens is 238 g/mol. The Labute approximate surface area is 102 Å². The third-order valence-electron chi connectivity index (χ3n) is 2.38. The van der Waals surface area contributed by atoms with Crippen LogP contribution < -0.4 is 11.1 Å². The van der Waals surface area contributed by atoms with Gasteiger partial charge in [0.2, 0.25) is 0 Å². The molecule has 2 N–H and O–H groups in total. The van der Waals surface area contributed by atoms with Crippen LogP contribution in [-0.2, 0) is 13.0 Å². The first-order valence-electron chi connectivity index (χ1n) is 5.14. The van der Waals surface area contributed by atoms with Crippen molar-refractivity contribution in [2.45, 2.75) is 13.0 Å². The molecule has 0 atom stereocenters. The summed E-state index contributed by atoms with van der Waals surface area (Å²) in [5.74, 6) is 0. The fraction of sp³-hybridized carbons (Fsp3) is 0.182. The Kier molecular flexibility index (Phi) is 3.34. The minimum atomic E-state index is -0.717. The summed E-state index contributed by atoms with van der Waals surface area (Å²) in [7, 11) is 0. The number of aromatic amines is 2. The van der Waals surface area contributed by atoms with E-state index < -0.39 is 11.1 Å². The lowest BCUT2D eigenvalue weighted by Gasteiger charge is -2.05. The summed E-state index contributed by atoms with van der Waals surface area (Å²) in [6.07, 6.45) is 0.733. The van der Waals surface area contributed by atoms with Gasteiger partial charge in [0.05, 0.1) is 0 Å². The van der Waals surface area contributed by atoms with E-state index in [0.29, 0.717) is 6.54 Å². The first-order valence-corrected chi connectivity index (χ1v) is 5.55. The van der Waals surface area contributed by atoms with Crippen LogP contribution in [0.4, 0.5) is 0 Å². The van der Waals surface area contributed by atoms with E-state index in [1.807, 2.05) is 30.3 Å². The standard InChI is InChI=1S/C11H11N3O2S/c15-9-10(16)13-14(11(17)12-9)7-6-8-4-2-1-3-5-8/h1-5H,6-7H2,(H,13,16)(H,12,15,17). The second-order valence-electron chi connectivity index (χ2n) is 3.59. The van der Waals surface area contributed by atoms with Gasteiger partial charge >= 0.3 is 11.1 Å². The van der Waals surface area contributed by atoms with Crippen LogP contribution in [0.25, 0.3) is 0 Å². The van der Waals surface area contributed by atoms with Gasteiger partial charge in [-0.25, -0.2) is 0 Å². The first-order chi connectivity index (χ1) is 8.16. The van der Waals surface area contributed by atoms with E-state index in [1.165, 1.54) is 4.68 Å². The van der Waals surface area contributed by atoms with E-state index in [1.54, 1.807) is 0 Å². The average Bonchev–Trinajstić information content (AvgIpc) is 2.33. The first kappa shape index (κ1) is 11.5. The Morgan fingerprint density at radius 3 is 2.53 bits per heavy atom. The van der Waals surface area contributed by atoms with Crippen LogP contribution in [-0.4, -0.2) is 14.8 Å². The molecule has 0 aliphatic rings. The lowest BCUT2D eigenvalue weighted by atomic mass is 10.2. The summed E-state index contributed by atoms with van der Waals surface area (Å²) in [5, 5.41) is 2.43. The third-order valence-corrected chi connectivity index (χ3v) is 2.70. The van der Waals surface area contributed by atoms with Gasteiger partial charge in [0.25, 0.3) is 0 Å². The molecule has 1 aromatic heterocycles. The van der Waals surface area contributed by atoms with Crippen LogP contribution in [0.1, 0.15) is 5.56 Å². The maximum Gasteiger partial charge on any atom is 0.328 e. The highest BCUT2D eigenvalue weighted by Gasteiger charge is 1.98. The highest BCUT2D eigenvalue weighted by atomic mass is 32.1. The molecule has 5 nitrogen and oxygen atoms in total. The fourth-order valence-corrected chi connectivity index (χ4v) is 1.72. The molecule has 0 amide bonds. The Bertz CT molecular complexity index is 669. The summed E-state index contributed by atoms with van der Waals surface area (Å²) >= 11 is 4.95. The number of benzene rings is 1. The maximum atomic E-state index is 11.1. The van der Waals surface area contributed by atoms with Gasteiger partial charge in [-0.15, -0.1) is 0 Å². The Hall–Kier alpha value is -1.95. The molecule has 0 saturated carbocycles. The molecule has 0 aliphatic heterocycles. The number of nitrogens with zero attached hydrogens (tertiary/aromatic N) is 1. The van der Waals surface area contributed by atoms with E-state index in [9.17, 15) is 9.59 Å². The monoisotopic (exact) mass is 249 g/mol. The van der Waals surface area contributed by atoms with E-state index in [0.717, 1.165) is 12.0 Å². The van der Waals surface area contributed by atoms with Crippen LogP contribution in [0, 0.1) is 4.77 Å². The van der Waals surface area contributed by atoms with E-state index in [-0.39, 0.29) is 4.77 Å². The lowest BCUT2D eigenvalue weighted by Crippen LogP contribution is -2.34. The van der Waals surface area contributed by atoms with Crippen molar-refractivity contribution in [3.05, 3.63) is 61.4 Å². The highest BCUT2D eigenvalue weighted by Crippen LogP contribution is 2.00. The Morgan fingerprint density at radius 2 is 1.82 bits per heavy atom. The van der Waals surface area contributed by atoms with Gasteiger partial charge in [-0.3, -0.25) is 24.4 Å². The van der Waals surface area contributed by atoms with Gasteiger partial charge in [-0.1, -0.05) is 30.3 Å². The van der Waals surface area contributed by atoms with Crippen molar-refractivity contribution in [1.82, 2.24) is 14.8 Å². The maximum absolute atomic E-state index is 11.1. The molecule has 1 heterocycles. The van der Waals surface area contributed by atoms with Gasteiger partial charge in [-0.2, -0.15) is 0 Å². The number of aryl methyl sites for hydroxylation is 2. The summed E-state index contributed by atoms with van der Waals surface area (Å²) < 4.78 is 1.69. The molecular formula is C11H11N3O2S. The Morgan fingerprint density at radius 1 is 1.12 bits per heavy atom.